The van der Waals surface area contributed by atoms with Gasteiger partial charge in [0.05, 0.1) is 5.75 Å². The maximum absolute atomic E-state index is 4.85. The molecule has 0 nitrogen and oxygen atoms in total. The molecule has 0 aromatic heterocycles. The van der Waals surface area contributed by atoms with Crippen LogP contribution in [-0.2, 0) is 0 Å². The van der Waals surface area contributed by atoms with Crippen LogP contribution in [0.15, 0.2) is 0 Å². The van der Waals surface area contributed by atoms with Crippen LogP contribution in [-0.4, -0.2) is 5.75 Å². The predicted octanol–water partition coefficient (Wildman–Crippen LogP) is 1.14. The van der Waals surface area contributed by atoms with Crippen molar-refractivity contribution in [2.75, 3.05) is 5.75 Å². The molecule has 0 aromatic carbocycles. The maximum atomic E-state index is 4.85. The second-order valence-corrected chi connectivity index (χ2v) is 2.14. The molecule has 0 aliphatic heterocycles. The first kappa shape index (κ1) is 5.34. The lowest BCUT2D eigenvalue weighted by Gasteiger charge is -1.70. The Labute approximate surface area is 38.7 Å². The van der Waals surface area contributed by atoms with Gasteiger partial charge in [-0.25, -0.2) is 0 Å². The van der Waals surface area contributed by atoms with E-state index in [0.29, 0.717) is 0 Å². The summed E-state index contributed by atoms with van der Waals surface area (Å²) < 4.78 is 0. The van der Waals surface area contributed by atoms with Crippen molar-refractivity contribution in [2.24, 2.45) is 0 Å². The molecule has 5 heavy (non-hydrogen) atoms. The van der Waals surface area contributed by atoms with E-state index in [-0.39, 0.29) is 0 Å². The fourth-order valence-electron chi connectivity index (χ4n) is 0.0481. The quantitative estimate of drug-likeness (QED) is 0.355. The van der Waals surface area contributed by atoms with Crippen LogP contribution in [0.25, 0.3) is 0 Å². The summed E-state index contributed by atoms with van der Waals surface area (Å²) in [7, 11) is 2.47. The summed E-state index contributed by atoms with van der Waals surface area (Å²) in [4.78, 5) is 0. The van der Waals surface area contributed by atoms with E-state index in [1.54, 1.807) is 11.4 Å². The Morgan fingerprint density at radius 1 is 2.00 bits per heavy atom. The SMILES string of the molecule is C#CCSP. The second kappa shape index (κ2) is 4.34. The van der Waals surface area contributed by atoms with E-state index in [9.17, 15) is 0 Å². The first-order valence-electron chi connectivity index (χ1n) is 1.17. The summed E-state index contributed by atoms with van der Waals surface area (Å²) in [5, 5.41) is 0. The largest absolute Gasteiger partial charge is 0.128 e. The third-order valence-electron chi connectivity index (χ3n) is 0.167. The molecule has 0 rings (SSSR count). The van der Waals surface area contributed by atoms with Crippen molar-refractivity contribution in [2.45, 2.75) is 0 Å². The molecule has 0 aromatic rings. The Balaban J connectivity index is 2.48. The smallest absolute Gasteiger partial charge is 0.0581 e. The van der Waals surface area contributed by atoms with Gasteiger partial charge in [-0.15, -0.1) is 17.8 Å². The fraction of sp³-hybridized carbons (Fsp3) is 0.333. The first-order valence-corrected chi connectivity index (χ1v) is 3.63. The Kier molecular flexibility index (Phi) is 4.64. The van der Waals surface area contributed by atoms with Crippen molar-refractivity contribution < 1.29 is 0 Å². The lowest BCUT2D eigenvalue weighted by molar-refractivity contribution is 1.99. The summed E-state index contributed by atoms with van der Waals surface area (Å²) >= 11 is 1.58. The van der Waals surface area contributed by atoms with E-state index in [2.05, 4.69) is 14.4 Å². The highest BCUT2D eigenvalue weighted by molar-refractivity contribution is 8.43. The topological polar surface area (TPSA) is 0 Å². The van der Waals surface area contributed by atoms with E-state index in [1.165, 1.54) is 0 Å². The Hall–Kier alpha value is 0.340. The average Bonchev–Trinajstić information content (AvgIpc) is 1.41. The first-order chi connectivity index (χ1) is 2.41. The van der Waals surface area contributed by atoms with Gasteiger partial charge in [-0.05, 0) is 0 Å². The maximum Gasteiger partial charge on any atom is 0.0581 e. The third-order valence-corrected chi connectivity index (χ3v) is 1.000. The molecule has 0 aliphatic carbocycles. The highest BCUT2D eigenvalue weighted by Gasteiger charge is 1.60. The summed E-state index contributed by atoms with van der Waals surface area (Å²) in [6.07, 6.45) is 4.85. The molecule has 0 fully saturated rings. The van der Waals surface area contributed by atoms with E-state index in [4.69, 9.17) is 6.42 Å². The van der Waals surface area contributed by atoms with Crippen LogP contribution in [0.5, 0.6) is 0 Å². The summed E-state index contributed by atoms with van der Waals surface area (Å²) in [5.74, 6) is 3.26. The zero-order valence-electron chi connectivity index (χ0n) is 2.77. The van der Waals surface area contributed by atoms with Gasteiger partial charge in [0.2, 0.25) is 0 Å². The highest BCUT2D eigenvalue weighted by atomic mass is 32.7. The molecule has 0 aliphatic rings. The molecule has 0 saturated carbocycles. The molecule has 0 spiro atoms. The third kappa shape index (κ3) is 4.34. The molecule has 1 atom stereocenters. The molecular formula is C3H5PS. The molecule has 0 heterocycles. The van der Waals surface area contributed by atoms with Gasteiger partial charge in [0.15, 0.2) is 0 Å². The Morgan fingerprint density at radius 2 is 2.60 bits per heavy atom. The standard InChI is InChI=1S/C3H5PS/c1-2-3-5-4/h1H,3-4H2. The van der Waals surface area contributed by atoms with Crippen LogP contribution >= 0.6 is 19.8 Å². The normalized spacial score (nSPS) is 6.40. The van der Waals surface area contributed by atoms with Crippen molar-refractivity contribution >= 4 is 19.8 Å². The monoisotopic (exact) mass is 104 g/mol. The van der Waals surface area contributed by atoms with Gasteiger partial charge in [0, 0.05) is 0 Å². The minimum atomic E-state index is 0.796. The van der Waals surface area contributed by atoms with Crippen LogP contribution < -0.4 is 0 Å². The predicted molar refractivity (Wildman–Crippen MR) is 31.0 cm³/mol. The Morgan fingerprint density at radius 3 is 2.60 bits per heavy atom. The molecule has 0 N–H and O–H groups in total. The van der Waals surface area contributed by atoms with Crippen LogP contribution in [0.2, 0.25) is 0 Å². The van der Waals surface area contributed by atoms with Gasteiger partial charge in [0.1, 0.15) is 0 Å². The lowest BCUT2D eigenvalue weighted by atomic mass is 10.8. The van der Waals surface area contributed by atoms with Gasteiger partial charge >= 0.3 is 0 Å². The van der Waals surface area contributed by atoms with Gasteiger partial charge in [-0.1, -0.05) is 14.4 Å². The molecule has 0 bridgehead atoms. The van der Waals surface area contributed by atoms with Crippen LogP contribution in [0.1, 0.15) is 0 Å². The summed E-state index contributed by atoms with van der Waals surface area (Å²) in [6.45, 7) is 0. The van der Waals surface area contributed by atoms with Crippen molar-refractivity contribution in [3.05, 3.63) is 0 Å². The van der Waals surface area contributed by atoms with Gasteiger partial charge in [-0.3, -0.25) is 0 Å². The fourth-order valence-corrected chi connectivity index (χ4v) is 0.433. The number of rotatable bonds is 1. The molecule has 1 unspecified atom stereocenters. The minimum absolute atomic E-state index is 0.796. The average molecular weight is 104 g/mol. The van der Waals surface area contributed by atoms with E-state index in [0.717, 1.165) is 5.75 Å². The second-order valence-electron chi connectivity index (χ2n) is 0.515. The molecule has 0 radical (unpaired) electrons. The van der Waals surface area contributed by atoms with Gasteiger partial charge in [0.25, 0.3) is 0 Å². The number of hydrogen-bond acceptors (Lipinski definition) is 1. The Bertz CT molecular complexity index is 45.3. The molecule has 28 valence electrons. The lowest BCUT2D eigenvalue weighted by Crippen LogP contribution is -1.53. The van der Waals surface area contributed by atoms with Gasteiger partial charge in [-0.2, -0.15) is 0 Å². The van der Waals surface area contributed by atoms with Crippen LogP contribution in [0.4, 0.5) is 0 Å². The summed E-state index contributed by atoms with van der Waals surface area (Å²) in [6, 6.07) is 0. The van der Waals surface area contributed by atoms with E-state index in [1.807, 2.05) is 0 Å². The van der Waals surface area contributed by atoms with Crippen molar-refractivity contribution in [1.29, 1.82) is 0 Å². The van der Waals surface area contributed by atoms with Crippen LogP contribution in [0.3, 0.4) is 0 Å². The highest BCUT2D eigenvalue weighted by Crippen LogP contribution is 2.06. The minimum Gasteiger partial charge on any atom is -0.128 e. The number of terminal acetylenes is 1. The van der Waals surface area contributed by atoms with Crippen molar-refractivity contribution in [1.82, 2.24) is 0 Å². The van der Waals surface area contributed by atoms with Crippen molar-refractivity contribution in [3.8, 4) is 12.3 Å². The molecule has 0 saturated heterocycles. The zero-order chi connectivity index (χ0) is 4.12. The van der Waals surface area contributed by atoms with E-state index >= 15 is 0 Å². The van der Waals surface area contributed by atoms with Gasteiger partial charge < -0.3 is 0 Å². The zero-order valence-corrected chi connectivity index (χ0v) is 4.74. The molecular weight excluding hydrogens is 99.1 g/mol. The van der Waals surface area contributed by atoms with Crippen molar-refractivity contribution in [3.63, 3.8) is 0 Å². The molecule has 0 amide bonds. The molecule has 2 heteroatoms. The van der Waals surface area contributed by atoms with Crippen LogP contribution in [0, 0.1) is 12.3 Å². The number of hydrogen-bond donors (Lipinski definition) is 0. The van der Waals surface area contributed by atoms with E-state index < -0.39 is 0 Å². The summed E-state index contributed by atoms with van der Waals surface area (Å²) in [5.41, 5.74) is 0.